The molecule has 2 aromatic rings. The fourth-order valence-electron chi connectivity index (χ4n) is 1.32. The van der Waals surface area contributed by atoms with Crippen LogP contribution >= 0.6 is 11.3 Å². The molecule has 1 atom stereocenters. The Hall–Kier alpha value is -1.24. The topological polar surface area (TPSA) is 71.2 Å². The van der Waals surface area contributed by atoms with Crippen molar-refractivity contribution in [2.75, 3.05) is 6.54 Å². The van der Waals surface area contributed by atoms with E-state index in [-0.39, 0.29) is 0 Å². The Balaban J connectivity index is 1.76. The summed E-state index contributed by atoms with van der Waals surface area (Å²) in [4.78, 5) is 4.05. The normalized spacial score (nSPS) is 12.9. The summed E-state index contributed by atoms with van der Waals surface area (Å²) >= 11 is 1.57. The molecular weight excluding hydrogens is 226 g/mol. The Bertz CT molecular complexity index is 427. The van der Waals surface area contributed by atoms with Gasteiger partial charge in [0.2, 0.25) is 5.89 Å². The summed E-state index contributed by atoms with van der Waals surface area (Å²) in [7, 11) is 0. The molecule has 0 aliphatic heterocycles. The van der Waals surface area contributed by atoms with Gasteiger partial charge < -0.3 is 14.9 Å². The van der Waals surface area contributed by atoms with Crippen LogP contribution in [0.25, 0.3) is 0 Å². The van der Waals surface area contributed by atoms with Crippen LogP contribution in [-0.2, 0) is 6.54 Å². The highest BCUT2D eigenvalue weighted by atomic mass is 32.1. The molecule has 5 nitrogen and oxygen atoms in total. The molecule has 0 aromatic carbocycles. The number of nitrogens with zero attached hydrogens (tertiary/aromatic N) is 2. The molecule has 0 spiro atoms. The van der Waals surface area contributed by atoms with Crippen molar-refractivity contribution >= 4 is 11.3 Å². The first-order chi connectivity index (χ1) is 7.75. The predicted octanol–water partition coefficient (Wildman–Crippen LogP) is 1.26. The van der Waals surface area contributed by atoms with Crippen LogP contribution in [0.2, 0.25) is 0 Å². The van der Waals surface area contributed by atoms with Crippen molar-refractivity contribution in [1.29, 1.82) is 0 Å². The smallest absolute Gasteiger partial charge is 0.223 e. The van der Waals surface area contributed by atoms with E-state index in [1.807, 2.05) is 16.8 Å². The summed E-state index contributed by atoms with van der Waals surface area (Å²) in [6, 6.07) is 1.91. The van der Waals surface area contributed by atoms with Gasteiger partial charge in [-0.1, -0.05) is 5.16 Å². The van der Waals surface area contributed by atoms with E-state index >= 15 is 0 Å². The van der Waals surface area contributed by atoms with Crippen molar-refractivity contribution in [3.63, 3.8) is 0 Å². The second-order valence-corrected chi connectivity index (χ2v) is 4.21. The van der Waals surface area contributed by atoms with Crippen molar-refractivity contribution in [3.05, 3.63) is 34.1 Å². The van der Waals surface area contributed by atoms with Gasteiger partial charge >= 0.3 is 0 Å². The predicted molar refractivity (Wildman–Crippen MR) is 60.0 cm³/mol. The third-order valence-electron chi connectivity index (χ3n) is 2.12. The number of hydrogen-bond donors (Lipinski definition) is 2. The summed E-state index contributed by atoms with van der Waals surface area (Å²) in [5, 5.41) is 20.5. The van der Waals surface area contributed by atoms with Gasteiger partial charge in [0.25, 0.3) is 0 Å². The molecule has 6 heteroatoms. The summed E-state index contributed by atoms with van der Waals surface area (Å²) in [5.41, 5.74) is 0.932. The standard InChI is InChI=1S/C10H13N3O2S/c1-7-12-10(13-15-7)5-11-4-9(14)8-2-3-16-6-8/h2-3,6,9,11,14H,4-5H2,1H3. The number of thiophene rings is 1. The van der Waals surface area contributed by atoms with Crippen LogP contribution in [0, 0.1) is 6.92 Å². The fraction of sp³-hybridized carbons (Fsp3) is 0.400. The van der Waals surface area contributed by atoms with E-state index in [4.69, 9.17) is 4.52 Å². The van der Waals surface area contributed by atoms with E-state index in [0.717, 1.165) is 5.56 Å². The van der Waals surface area contributed by atoms with Crippen LogP contribution in [0.1, 0.15) is 23.4 Å². The highest BCUT2D eigenvalue weighted by Crippen LogP contribution is 2.15. The summed E-state index contributed by atoms with van der Waals surface area (Å²) in [6.07, 6.45) is -0.487. The highest BCUT2D eigenvalue weighted by molar-refractivity contribution is 7.07. The molecule has 0 amide bonds. The molecule has 86 valence electrons. The maximum absolute atomic E-state index is 9.77. The number of aryl methyl sites for hydroxylation is 1. The number of rotatable bonds is 5. The largest absolute Gasteiger partial charge is 0.387 e. The van der Waals surface area contributed by atoms with E-state index in [1.165, 1.54) is 0 Å². The Labute approximate surface area is 97.1 Å². The Morgan fingerprint density at radius 2 is 2.50 bits per heavy atom. The molecule has 2 aromatic heterocycles. The molecule has 1 unspecified atom stereocenters. The Morgan fingerprint density at radius 3 is 3.12 bits per heavy atom. The van der Waals surface area contributed by atoms with E-state index in [0.29, 0.717) is 24.8 Å². The van der Waals surface area contributed by atoms with Gasteiger partial charge in [-0.2, -0.15) is 16.3 Å². The number of aromatic nitrogens is 2. The first-order valence-corrected chi connectivity index (χ1v) is 5.90. The van der Waals surface area contributed by atoms with Crippen LogP contribution in [0.3, 0.4) is 0 Å². The van der Waals surface area contributed by atoms with Crippen molar-refractivity contribution in [1.82, 2.24) is 15.5 Å². The van der Waals surface area contributed by atoms with Gasteiger partial charge in [-0.3, -0.25) is 0 Å². The lowest BCUT2D eigenvalue weighted by Gasteiger charge is -2.08. The summed E-state index contributed by atoms with van der Waals surface area (Å²) in [6.45, 7) is 2.72. The zero-order valence-corrected chi connectivity index (χ0v) is 9.70. The maximum Gasteiger partial charge on any atom is 0.223 e. The van der Waals surface area contributed by atoms with Crippen LogP contribution in [-0.4, -0.2) is 21.8 Å². The Kier molecular flexibility index (Phi) is 3.66. The Morgan fingerprint density at radius 1 is 1.62 bits per heavy atom. The molecule has 2 N–H and O–H groups in total. The minimum atomic E-state index is -0.487. The van der Waals surface area contributed by atoms with Crippen LogP contribution in [0.5, 0.6) is 0 Å². The molecule has 0 bridgehead atoms. The lowest BCUT2D eigenvalue weighted by molar-refractivity contribution is 0.174. The fourth-order valence-corrected chi connectivity index (χ4v) is 2.02. The lowest BCUT2D eigenvalue weighted by Crippen LogP contribution is -2.21. The monoisotopic (exact) mass is 239 g/mol. The van der Waals surface area contributed by atoms with E-state index in [2.05, 4.69) is 15.5 Å². The van der Waals surface area contributed by atoms with Crippen molar-refractivity contribution in [2.24, 2.45) is 0 Å². The van der Waals surface area contributed by atoms with Gasteiger partial charge in [-0.05, 0) is 22.4 Å². The second kappa shape index (κ2) is 5.20. The number of aliphatic hydroxyl groups is 1. The molecule has 0 aliphatic rings. The van der Waals surface area contributed by atoms with Crippen molar-refractivity contribution < 1.29 is 9.63 Å². The first-order valence-electron chi connectivity index (χ1n) is 4.96. The minimum Gasteiger partial charge on any atom is -0.387 e. The van der Waals surface area contributed by atoms with Crippen LogP contribution < -0.4 is 5.32 Å². The maximum atomic E-state index is 9.77. The van der Waals surface area contributed by atoms with Gasteiger partial charge in [-0.25, -0.2) is 0 Å². The number of nitrogens with one attached hydrogen (secondary N) is 1. The molecule has 16 heavy (non-hydrogen) atoms. The number of aliphatic hydroxyl groups excluding tert-OH is 1. The van der Waals surface area contributed by atoms with Gasteiger partial charge in [0.1, 0.15) is 0 Å². The summed E-state index contributed by atoms with van der Waals surface area (Å²) in [5.74, 6) is 1.16. The van der Waals surface area contributed by atoms with Gasteiger partial charge in [0, 0.05) is 13.5 Å². The molecule has 0 fully saturated rings. The summed E-state index contributed by atoms with van der Waals surface area (Å²) < 4.78 is 4.83. The van der Waals surface area contributed by atoms with E-state index in [9.17, 15) is 5.11 Å². The molecule has 0 aliphatic carbocycles. The van der Waals surface area contributed by atoms with Crippen LogP contribution in [0.4, 0.5) is 0 Å². The zero-order chi connectivity index (χ0) is 11.4. The highest BCUT2D eigenvalue weighted by Gasteiger charge is 2.08. The van der Waals surface area contributed by atoms with Gasteiger partial charge in [0.15, 0.2) is 5.82 Å². The second-order valence-electron chi connectivity index (χ2n) is 3.43. The minimum absolute atomic E-state index is 0.477. The van der Waals surface area contributed by atoms with Crippen molar-refractivity contribution in [2.45, 2.75) is 19.6 Å². The first kappa shape index (κ1) is 11.3. The molecule has 2 rings (SSSR count). The SMILES string of the molecule is Cc1nc(CNCC(O)c2ccsc2)no1. The number of hydrogen-bond acceptors (Lipinski definition) is 6. The van der Waals surface area contributed by atoms with Gasteiger partial charge in [0.05, 0.1) is 12.6 Å². The molecule has 0 saturated carbocycles. The van der Waals surface area contributed by atoms with E-state index in [1.54, 1.807) is 18.3 Å². The van der Waals surface area contributed by atoms with E-state index < -0.39 is 6.10 Å². The third-order valence-corrected chi connectivity index (χ3v) is 2.82. The molecule has 2 heterocycles. The third kappa shape index (κ3) is 2.88. The zero-order valence-electron chi connectivity index (χ0n) is 8.88. The molecule has 0 saturated heterocycles. The lowest BCUT2D eigenvalue weighted by atomic mass is 10.2. The molecular formula is C10H13N3O2S. The van der Waals surface area contributed by atoms with Crippen molar-refractivity contribution in [3.8, 4) is 0 Å². The average molecular weight is 239 g/mol. The quantitative estimate of drug-likeness (QED) is 0.822. The molecule has 0 radical (unpaired) electrons. The van der Waals surface area contributed by atoms with Gasteiger partial charge in [-0.15, -0.1) is 0 Å². The average Bonchev–Trinajstić information content (AvgIpc) is 2.89. The van der Waals surface area contributed by atoms with Crippen LogP contribution in [0.15, 0.2) is 21.3 Å².